The van der Waals surface area contributed by atoms with Gasteiger partial charge >= 0.3 is 6.18 Å². The van der Waals surface area contributed by atoms with Crippen LogP contribution in [-0.2, 0) is 35.2 Å². The molecule has 5 rings (SSSR count). The second kappa shape index (κ2) is 15.5. The summed E-state index contributed by atoms with van der Waals surface area (Å²) in [6.45, 7) is 0.0595. The lowest BCUT2D eigenvalue weighted by Gasteiger charge is -2.31. The molecule has 0 aromatic heterocycles. The first-order chi connectivity index (χ1) is 23.2. The van der Waals surface area contributed by atoms with E-state index in [0.29, 0.717) is 41.0 Å². The van der Waals surface area contributed by atoms with E-state index < -0.39 is 29.3 Å². The molecule has 3 N–H and O–H groups in total. The number of halogens is 3. The van der Waals surface area contributed by atoms with E-state index in [1.54, 1.807) is 60.7 Å². The average Bonchev–Trinajstić information content (AvgIpc) is 3.49. The summed E-state index contributed by atoms with van der Waals surface area (Å²) in [4.78, 5) is 22.2. The molecule has 4 aromatic carbocycles. The fraction of sp³-hybridized carbons (Fsp3) is 0.257. The van der Waals surface area contributed by atoms with Crippen LogP contribution in [0.5, 0.6) is 5.75 Å². The number of azide groups is 1. The van der Waals surface area contributed by atoms with Crippen molar-refractivity contribution in [1.29, 1.82) is 0 Å². The summed E-state index contributed by atoms with van der Waals surface area (Å²) in [5.74, 6) is 0.110. The number of hydrogen-bond donors (Lipinski definition) is 3. The molecule has 4 aromatic rings. The van der Waals surface area contributed by atoms with Gasteiger partial charge in [0.15, 0.2) is 11.6 Å². The van der Waals surface area contributed by atoms with Crippen LogP contribution >= 0.6 is 0 Å². The molecule has 10 nitrogen and oxygen atoms in total. The van der Waals surface area contributed by atoms with Gasteiger partial charge in [-0.25, -0.2) is 10.4 Å². The highest BCUT2D eigenvalue weighted by molar-refractivity contribution is 6.01. The maximum absolute atomic E-state index is 14.4. The Morgan fingerprint density at radius 2 is 1.62 bits per heavy atom. The SMILES string of the molecule is [N-]=[N+]=NCc1ccccc1C[C@]1(C(=O)NNCc2ccccc2C(F)(F)F)N=C(c2ccc(OCCCO)cc2)O[C@H]1c1ccccc1. The number of carbonyl (C=O) groups excluding carboxylic acids is 1. The summed E-state index contributed by atoms with van der Waals surface area (Å²) in [7, 11) is 0. The van der Waals surface area contributed by atoms with Crippen LogP contribution in [0.1, 0.15) is 45.9 Å². The number of ether oxygens (including phenoxy) is 2. The second-order valence-corrected chi connectivity index (χ2v) is 11.0. The molecule has 2 atom stereocenters. The highest BCUT2D eigenvalue weighted by Gasteiger charge is 2.53. The van der Waals surface area contributed by atoms with Crippen molar-refractivity contribution < 1.29 is 32.5 Å². The Hall–Kier alpha value is -5.36. The zero-order valence-corrected chi connectivity index (χ0v) is 25.7. The van der Waals surface area contributed by atoms with Crippen molar-refractivity contribution >= 4 is 11.8 Å². The summed E-state index contributed by atoms with van der Waals surface area (Å²) < 4.78 is 53.1. The van der Waals surface area contributed by atoms with E-state index in [9.17, 15) is 18.0 Å². The Morgan fingerprint density at radius 1 is 0.958 bits per heavy atom. The Kier molecular flexibility index (Phi) is 11.0. The first kappa shape index (κ1) is 34.0. The number of amides is 1. The topological polar surface area (TPSA) is 141 Å². The molecule has 1 heterocycles. The number of aliphatic imine (C=N–C) groups is 1. The van der Waals surface area contributed by atoms with Gasteiger partial charge in [-0.05, 0) is 58.1 Å². The molecule has 0 fully saturated rings. The number of alkyl halides is 3. The molecule has 1 aliphatic rings. The minimum absolute atomic E-state index is 0.00217. The summed E-state index contributed by atoms with van der Waals surface area (Å²) >= 11 is 0. The molecular weight excluding hydrogens is 625 g/mol. The van der Waals surface area contributed by atoms with Crippen LogP contribution in [0, 0.1) is 0 Å². The van der Waals surface area contributed by atoms with E-state index >= 15 is 0 Å². The monoisotopic (exact) mass is 658 g/mol. The number of carbonyl (C=O) groups is 1. The molecule has 1 amide bonds. The molecule has 48 heavy (non-hydrogen) atoms. The lowest BCUT2D eigenvalue weighted by molar-refractivity contribution is -0.138. The summed E-state index contributed by atoms with van der Waals surface area (Å²) in [6, 6.07) is 28.3. The third-order valence-corrected chi connectivity index (χ3v) is 7.82. The molecule has 1 aliphatic heterocycles. The summed E-state index contributed by atoms with van der Waals surface area (Å²) in [6.07, 6.45) is -5.05. The number of nitrogens with one attached hydrogen (secondary N) is 2. The molecule has 0 saturated carbocycles. The third-order valence-electron chi connectivity index (χ3n) is 7.82. The van der Waals surface area contributed by atoms with Crippen molar-refractivity contribution in [3.63, 3.8) is 0 Å². The van der Waals surface area contributed by atoms with Crippen LogP contribution in [0.25, 0.3) is 10.4 Å². The lowest BCUT2D eigenvalue weighted by Crippen LogP contribution is -2.53. The van der Waals surface area contributed by atoms with E-state index in [-0.39, 0.29) is 37.6 Å². The quantitative estimate of drug-likeness (QED) is 0.0461. The first-order valence-corrected chi connectivity index (χ1v) is 15.2. The number of aliphatic hydroxyl groups is 1. The Morgan fingerprint density at radius 3 is 2.31 bits per heavy atom. The van der Waals surface area contributed by atoms with Crippen molar-refractivity contribution in [1.82, 2.24) is 10.9 Å². The van der Waals surface area contributed by atoms with Gasteiger partial charge in [-0.1, -0.05) is 77.9 Å². The zero-order valence-electron chi connectivity index (χ0n) is 25.7. The van der Waals surface area contributed by atoms with Gasteiger partial charge in [0, 0.05) is 36.5 Å². The van der Waals surface area contributed by atoms with Gasteiger partial charge in [0.05, 0.1) is 18.7 Å². The zero-order chi connectivity index (χ0) is 34.0. The Labute approximate surface area is 274 Å². The third kappa shape index (κ3) is 7.95. The van der Waals surface area contributed by atoms with Gasteiger partial charge in [0.1, 0.15) is 5.75 Å². The number of aliphatic hydroxyl groups excluding tert-OH is 1. The molecule has 248 valence electrons. The summed E-state index contributed by atoms with van der Waals surface area (Å²) in [5.41, 5.74) is 14.3. The van der Waals surface area contributed by atoms with E-state index in [2.05, 4.69) is 20.9 Å². The molecule has 13 heteroatoms. The Bertz CT molecular complexity index is 1780. The Balaban J connectivity index is 1.54. The molecule has 0 unspecified atom stereocenters. The van der Waals surface area contributed by atoms with E-state index in [0.717, 1.165) is 6.07 Å². The minimum atomic E-state index is -4.57. The van der Waals surface area contributed by atoms with Crippen molar-refractivity contribution in [2.24, 2.45) is 10.1 Å². The number of rotatable bonds is 14. The van der Waals surface area contributed by atoms with Gasteiger partial charge in [0.2, 0.25) is 5.90 Å². The van der Waals surface area contributed by atoms with Crippen LogP contribution in [0.3, 0.4) is 0 Å². The standard InChI is InChI=1S/C35H33F3N6O4/c36-35(37,38)30-14-7-6-13-28(30)23-40-43-33(46)34(21-26-11-4-5-12-27(26)22-41-44-39)31(24-9-2-1-3-10-24)48-32(42-34)25-15-17-29(18-16-25)47-20-8-19-45/h1-7,9-18,31,40,45H,8,19-23H2,(H,43,46)/t31-,34-/m0/s1. The van der Waals surface area contributed by atoms with Crippen molar-refractivity contribution in [2.75, 3.05) is 13.2 Å². The van der Waals surface area contributed by atoms with Crippen LogP contribution in [0.2, 0.25) is 0 Å². The molecule has 0 radical (unpaired) electrons. The van der Waals surface area contributed by atoms with Crippen molar-refractivity contribution in [3.8, 4) is 5.75 Å². The smallest absolute Gasteiger partial charge is 0.416 e. The fourth-order valence-electron chi connectivity index (χ4n) is 5.47. The second-order valence-electron chi connectivity index (χ2n) is 11.0. The maximum Gasteiger partial charge on any atom is 0.416 e. The van der Waals surface area contributed by atoms with Crippen LogP contribution in [0.4, 0.5) is 13.2 Å². The lowest BCUT2D eigenvalue weighted by atomic mass is 9.81. The highest BCUT2D eigenvalue weighted by Crippen LogP contribution is 2.43. The summed E-state index contributed by atoms with van der Waals surface area (Å²) in [5, 5.41) is 12.8. The fourth-order valence-corrected chi connectivity index (χ4v) is 5.47. The molecular formula is C35H33F3N6O4. The number of nitrogens with zero attached hydrogens (tertiary/aromatic N) is 4. The van der Waals surface area contributed by atoms with Crippen LogP contribution in [0.15, 0.2) is 113 Å². The normalized spacial score (nSPS) is 17.2. The molecule has 0 saturated heterocycles. The number of hydrazine groups is 1. The predicted molar refractivity (Wildman–Crippen MR) is 173 cm³/mol. The highest BCUT2D eigenvalue weighted by atomic mass is 19.4. The average molecular weight is 659 g/mol. The molecule has 0 spiro atoms. The predicted octanol–water partition coefficient (Wildman–Crippen LogP) is 6.60. The first-order valence-electron chi connectivity index (χ1n) is 15.2. The van der Waals surface area contributed by atoms with Gasteiger partial charge in [-0.3, -0.25) is 10.2 Å². The van der Waals surface area contributed by atoms with Crippen molar-refractivity contribution in [2.45, 2.75) is 43.8 Å². The van der Waals surface area contributed by atoms with E-state index in [1.807, 2.05) is 18.2 Å². The van der Waals surface area contributed by atoms with Gasteiger partial charge in [-0.2, -0.15) is 13.2 Å². The van der Waals surface area contributed by atoms with E-state index in [4.69, 9.17) is 25.1 Å². The number of hydrogen-bond acceptors (Lipinski definition) is 7. The molecule has 0 bridgehead atoms. The number of benzene rings is 4. The maximum atomic E-state index is 14.4. The largest absolute Gasteiger partial charge is 0.494 e. The van der Waals surface area contributed by atoms with Gasteiger partial charge < -0.3 is 14.6 Å². The molecule has 0 aliphatic carbocycles. The van der Waals surface area contributed by atoms with Gasteiger partial charge in [0.25, 0.3) is 5.91 Å². The van der Waals surface area contributed by atoms with Crippen molar-refractivity contribution in [3.05, 3.63) is 147 Å². The van der Waals surface area contributed by atoms with Crippen LogP contribution < -0.4 is 15.6 Å². The van der Waals surface area contributed by atoms with Crippen LogP contribution in [-0.4, -0.2) is 35.7 Å². The minimum Gasteiger partial charge on any atom is -0.494 e. The van der Waals surface area contributed by atoms with Gasteiger partial charge in [-0.15, -0.1) is 0 Å². The van der Waals surface area contributed by atoms with E-state index in [1.165, 1.54) is 18.2 Å².